The highest BCUT2D eigenvalue weighted by Crippen LogP contribution is 2.49. The van der Waals surface area contributed by atoms with Gasteiger partial charge in [0.15, 0.2) is 0 Å². The highest BCUT2D eigenvalue weighted by Gasteiger charge is 2.61. The topological polar surface area (TPSA) is 145 Å². The fourth-order valence-corrected chi connectivity index (χ4v) is 7.58. The van der Waals surface area contributed by atoms with Crippen molar-refractivity contribution in [2.75, 3.05) is 13.7 Å². The third-order valence-corrected chi connectivity index (χ3v) is 11.2. The Morgan fingerprint density at radius 3 is 2.71 bits per heavy atom. The average molecular weight is 680 g/mol. The average Bonchev–Trinajstić information content (AvgIpc) is 3.92. The first-order valence-electron chi connectivity index (χ1n) is 17.3. The maximum atomic E-state index is 14.2. The molecule has 4 aliphatic rings. The normalized spacial score (nSPS) is 29.2. The molecular formula is C36H49N5O6S. The fraction of sp³-hybridized carbons (Fsp3) is 0.611. The summed E-state index contributed by atoms with van der Waals surface area (Å²) in [5, 5.41) is 3.89. The third kappa shape index (κ3) is 7.24. The summed E-state index contributed by atoms with van der Waals surface area (Å²) in [4.78, 5) is 48.0. The lowest BCUT2D eigenvalue weighted by Crippen LogP contribution is -2.56. The van der Waals surface area contributed by atoms with Gasteiger partial charge in [0.25, 0.3) is 5.91 Å². The van der Waals surface area contributed by atoms with Gasteiger partial charge in [0.1, 0.15) is 29.2 Å². The summed E-state index contributed by atoms with van der Waals surface area (Å²) in [7, 11) is 1.62. The van der Waals surface area contributed by atoms with Gasteiger partial charge in [0.2, 0.25) is 17.7 Å². The molecule has 6 rings (SSSR count). The molecule has 260 valence electrons. The molecular weight excluding hydrogens is 630 g/mol. The Bertz CT molecular complexity index is 1590. The van der Waals surface area contributed by atoms with E-state index in [2.05, 4.69) is 29.1 Å². The molecule has 0 bridgehead atoms. The number of carbonyl (C=O) groups excluding carboxylic acids is 3. The van der Waals surface area contributed by atoms with Crippen LogP contribution in [0.4, 0.5) is 0 Å². The number of aromatic nitrogens is 1. The van der Waals surface area contributed by atoms with Crippen LogP contribution in [-0.4, -0.2) is 75.8 Å². The van der Waals surface area contributed by atoms with Crippen molar-refractivity contribution < 1.29 is 28.6 Å². The van der Waals surface area contributed by atoms with Gasteiger partial charge in [-0.15, -0.1) is 0 Å². The Kier molecular flexibility index (Phi) is 9.86. The lowest BCUT2D eigenvalue weighted by atomic mass is 10.1. The highest BCUT2D eigenvalue weighted by molar-refractivity contribution is 7.99. The first-order chi connectivity index (χ1) is 22.9. The van der Waals surface area contributed by atoms with E-state index in [4.69, 9.17) is 24.9 Å². The van der Waals surface area contributed by atoms with Gasteiger partial charge in [0.05, 0.1) is 31.3 Å². The number of nitrogens with one attached hydrogen (secondary N) is 2. The van der Waals surface area contributed by atoms with E-state index >= 15 is 0 Å². The summed E-state index contributed by atoms with van der Waals surface area (Å²) in [6, 6.07) is 3.95. The number of benzene rings is 1. The minimum Gasteiger partial charge on any atom is -0.496 e. The summed E-state index contributed by atoms with van der Waals surface area (Å²) in [5.41, 5.74) is 6.94. The summed E-state index contributed by atoms with van der Waals surface area (Å²) < 4.78 is 21.3. The second kappa shape index (κ2) is 13.8. The number of nitrogens with zero attached hydrogens (tertiary/aromatic N) is 2. The Balaban J connectivity index is 1.29. The molecule has 2 aliphatic heterocycles. The maximum absolute atomic E-state index is 14.2. The van der Waals surface area contributed by atoms with Crippen LogP contribution in [0.5, 0.6) is 17.4 Å². The molecule has 2 aromatic rings. The van der Waals surface area contributed by atoms with Crippen LogP contribution in [0.3, 0.4) is 0 Å². The van der Waals surface area contributed by atoms with E-state index in [0.717, 1.165) is 49.5 Å². The molecule has 3 amide bonds. The van der Waals surface area contributed by atoms with Crippen molar-refractivity contribution in [1.29, 1.82) is 0 Å². The van der Waals surface area contributed by atoms with Crippen molar-refractivity contribution in [3.05, 3.63) is 35.9 Å². The number of fused-ring (bicyclic) bond motifs is 3. The smallest absolute Gasteiger partial charge is 0.256 e. The molecule has 2 saturated carbocycles. The van der Waals surface area contributed by atoms with Gasteiger partial charge in [-0.1, -0.05) is 25.0 Å². The number of carbonyl (C=O) groups is 3. The van der Waals surface area contributed by atoms with Crippen LogP contribution in [0.25, 0.3) is 10.9 Å². The molecule has 11 nitrogen and oxygen atoms in total. The van der Waals surface area contributed by atoms with Crippen LogP contribution in [0.15, 0.2) is 30.4 Å². The molecule has 1 aromatic carbocycles. The molecule has 3 heterocycles. The SMILES string of the molecule is COc1ccc2c(O[C@@H]3C[C@H]4C(=O)N[C@]5(C(=O)NSC6(C)CC6)C[C@H]5/C=C\CCCCC[C@H](N)C(=O)N4C3)cc(OC(C)C)nc2c1C. The largest absolute Gasteiger partial charge is 0.496 e. The third-order valence-electron chi connectivity index (χ3n) is 10.0. The number of hydrogen-bond donors (Lipinski definition) is 3. The standard InChI is InChI=1S/C36H49N5O6S/c1-21(2)46-30-18-29(25-13-14-28(45-5)22(3)31(25)38-30)47-24-17-27-32(42)39-36(34(44)40-48-35(4)15-16-35)19-23(36)11-9-7-6-8-10-12-26(37)33(43)41(27)20-24/h9,11,13-14,18,21,23-24,26-27H,6-8,10,12,15-17,19-20,37H2,1-5H3,(H,39,42)(H,40,44)/b11-9-/t23-,24-,26+,27+,36-/m1/s1. The van der Waals surface area contributed by atoms with Crippen LogP contribution in [0.1, 0.15) is 84.1 Å². The van der Waals surface area contributed by atoms with E-state index in [0.29, 0.717) is 35.7 Å². The zero-order valence-electron chi connectivity index (χ0n) is 28.7. The molecule has 3 fully saturated rings. The number of rotatable bonds is 8. The van der Waals surface area contributed by atoms with Gasteiger partial charge in [-0.2, -0.15) is 0 Å². The van der Waals surface area contributed by atoms with Gasteiger partial charge >= 0.3 is 0 Å². The molecule has 4 N–H and O–H groups in total. The predicted molar refractivity (Wildman–Crippen MR) is 186 cm³/mol. The highest BCUT2D eigenvalue weighted by atomic mass is 32.2. The van der Waals surface area contributed by atoms with Gasteiger partial charge in [-0.05, 0) is 90.3 Å². The molecule has 5 atom stereocenters. The second-order valence-corrected chi connectivity index (χ2v) is 15.7. The molecule has 12 heteroatoms. The summed E-state index contributed by atoms with van der Waals surface area (Å²) >= 11 is 1.44. The number of ether oxygens (including phenoxy) is 3. The van der Waals surface area contributed by atoms with Crippen LogP contribution in [0.2, 0.25) is 0 Å². The summed E-state index contributed by atoms with van der Waals surface area (Å²) in [5.74, 6) is 0.699. The monoisotopic (exact) mass is 679 g/mol. The fourth-order valence-electron chi connectivity index (χ4n) is 6.76. The first kappa shape index (κ1) is 34.4. The Morgan fingerprint density at radius 1 is 1.19 bits per heavy atom. The van der Waals surface area contributed by atoms with Crippen LogP contribution in [0, 0.1) is 12.8 Å². The van der Waals surface area contributed by atoms with Crippen molar-refractivity contribution in [3.8, 4) is 17.4 Å². The van der Waals surface area contributed by atoms with Crippen molar-refractivity contribution >= 4 is 40.6 Å². The van der Waals surface area contributed by atoms with E-state index in [1.54, 1.807) is 18.1 Å². The van der Waals surface area contributed by atoms with Crippen LogP contribution in [-0.2, 0) is 14.4 Å². The lowest BCUT2D eigenvalue weighted by molar-refractivity contribution is -0.140. The van der Waals surface area contributed by atoms with E-state index in [1.807, 2.05) is 32.9 Å². The number of hydrogen-bond acceptors (Lipinski definition) is 9. The molecule has 2 aliphatic carbocycles. The number of aryl methyl sites for hydroxylation is 1. The van der Waals surface area contributed by atoms with E-state index in [-0.39, 0.29) is 47.5 Å². The molecule has 1 saturated heterocycles. The van der Waals surface area contributed by atoms with E-state index < -0.39 is 23.7 Å². The zero-order chi connectivity index (χ0) is 34.2. The number of amides is 3. The molecule has 48 heavy (non-hydrogen) atoms. The maximum Gasteiger partial charge on any atom is 0.256 e. The molecule has 1 aromatic heterocycles. The Morgan fingerprint density at radius 2 is 1.98 bits per heavy atom. The van der Waals surface area contributed by atoms with Crippen molar-refractivity contribution in [2.24, 2.45) is 11.7 Å². The number of allylic oxidation sites excluding steroid dienone is 1. The van der Waals surface area contributed by atoms with Crippen LogP contribution >= 0.6 is 11.9 Å². The summed E-state index contributed by atoms with van der Waals surface area (Å²) in [6.45, 7) is 8.10. The molecule has 0 radical (unpaired) electrons. The first-order valence-corrected chi connectivity index (χ1v) is 18.1. The Labute approximate surface area is 287 Å². The Hall–Kier alpha value is -3.51. The van der Waals surface area contributed by atoms with Crippen molar-refractivity contribution in [2.45, 2.75) is 120 Å². The van der Waals surface area contributed by atoms with Gasteiger partial charge in [0, 0.05) is 34.1 Å². The van der Waals surface area contributed by atoms with Gasteiger partial charge in [-0.3, -0.25) is 19.1 Å². The number of pyridine rings is 1. The second-order valence-electron chi connectivity index (χ2n) is 14.3. The number of nitrogens with two attached hydrogens (primary N) is 1. The minimum absolute atomic E-state index is 0.0482. The quantitative estimate of drug-likeness (QED) is 0.267. The van der Waals surface area contributed by atoms with Crippen molar-refractivity contribution in [1.82, 2.24) is 19.9 Å². The van der Waals surface area contributed by atoms with E-state index in [9.17, 15) is 14.4 Å². The summed E-state index contributed by atoms with van der Waals surface area (Å²) in [6.07, 6.45) is 10.6. The molecule has 0 unspecified atom stereocenters. The van der Waals surface area contributed by atoms with Gasteiger partial charge in [-0.25, -0.2) is 4.98 Å². The number of methoxy groups -OCH3 is 1. The lowest BCUT2D eigenvalue weighted by Gasteiger charge is -2.28. The predicted octanol–water partition coefficient (Wildman–Crippen LogP) is 4.73. The van der Waals surface area contributed by atoms with Gasteiger partial charge < -0.3 is 30.2 Å². The van der Waals surface area contributed by atoms with E-state index in [1.165, 1.54) is 11.9 Å². The zero-order valence-corrected chi connectivity index (χ0v) is 29.5. The van der Waals surface area contributed by atoms with Crippen LogP contribution < -0.4 is 30.0 Å². The molecule has 0 spiro atoms. The van der Waals surface area contributed by atoms with Crippen molar-refractivity contribution in [3.63, 3.8) is 0 Å². The minimum atomic E-state index is -1.05.